The van der Waals surface area contributed by atoms with Crippen LogP contribution in [0.1, 0.15) is 33.1 Å². The van der Waals surface area contributed by atoms with Gasteiger partial charge in [-0.25, -0.2) is 0 Å². The fraction of sp³-hybridized carbons (Fsp3) is 0.933. The van der Waals surface area contributed by atoms with Gasteiger partial charge in [0.15, 0.2) is 0 Å². The summed E-state index contributed by atoms with van der Waals surface area (Å²) in [5.41, 5.74) is 0. The van der Waals surface area contributed by atoms with Gasteiger partial charge >= 0.3 is 0 Å². The normalized spacial score (nSPS) is 27.4. The molecular weight excluding hydrogens is 238 g/mol. The van der Waals surface area contributed by atoms with Gasteiger partial charge in [0.1, 0.15) is 0 Å². The van der Waals surface area contributed by atoms with Crippen molar-refractivity contribution in [2.45, 2.75) is 45.2 Å². The third-order valence-corrected chi connectivity index (χ3v) is 5.22. The molecule has 19 heavy (non-hydrogen) atoms. The van der Waals surface area contributed by atoms with Crippen molar-refractivity contribution in [1.82, 2.24) is 14.7 Å². The van der Waals surface area contributed by atoms with E-state index in [9.17, 15) is 4.79 Å². The van der Waals surface area contributed by atoms with Crippen molar-refractivity contribution >= 4 is 5.91 Å². The number of rotatable bonds is 3. The molecule has 0 atom stereocenters. The fourth-order valence-corrected chi connectivity index (χ4v) is 3.40. The Hall–Kier alpha value is -0.610. The lowest BCUT2D eigenvalue weighted by molar-refractivity contribution is -0.146. The monoisotopic (exact) mass is 265 g/mol. The summed E-state index contributed by atoms with van der Waals surface area (Å²) in [6, 6.07) is 1.30. The topological polar surface area (TPSA) is 26.8 Å². The molecule has 2 aliphatic heterocycles. The molecule has 4 heteroatoms. The molecule has 1 saturated carbocycles. The second kappa shape index (κ2) is 5.41. The highest BCUT2D eigenvalue weighted by molar-refractivity contribution is 5.80. The zero-order valence-corrected chi connectivity index (χ0v) is 12.3. The Morgan fingerprint density at radius 2 is 1.68 bits per heavy atom. The maximum atomic E-state index is 12.1. The summed E-state index contributed by atoms with van der Waals surface area (Å²) in [5.74, 6) is 0.807. The van der Waals surface area contributed by atoms with Gasteiger partial charge in [-0.05, 0) is 26.7 Å². The average molecular weight is 265 g/mol. The van der Waals surface area contributed by atoms with E-state index in [0.29, 0.717) is 23.9 Å². The molecule has 0 aromatic heterocycles. The first-order valence-electron chi connectivity index (χ1n) is 7.92. The van der Waals surface area contributed by atoms with Crippen LogP contribution >= 0.6 is 0 Å². The van der Waals surface area contributed by atoms with Gasteiger partial charge in [-0.2, -0.15) is 0 Å². The van der Waals surface area contributed by atoms with E-state index in [4.69, 9.17) is 0 Å². The smallest absolute Gasteiger partial charge is 0.225 e. The van der Waals surface area contributed by atoms with Crippen LogP contribution < -0.4 is 0 Å². The van der Waals surface area contributed by atoms with E-state index in [-0.39, 0.29) is 0 Å². The van der Waals surface area contributed by atoms with Gasteiger partial charge in [-0.15, -0.1) is 0 Å². The molecule has 3 fully saturated rings. The van der Waals surface area contributed by atoms with E-state index in [1.807, 2.05) is 0 Å². The fourth-order valence-electron chi connectivity index (χ4n) is 3.40. The van der Waals surface area contributed by atoms with E-state index in [1.165, 1.54) is 32.6 Å². The van der Waals surface area contributed by atoms with Crippen LogP contribution in [0.4, 0.5) is 0 Å². The number of nitrogens with zero attached hydrogens (tertiary/aromatic N) is 3. The molecule has 4 nitrogen and oxygen atoms in total. The predicted octanol–water partition coefficient (Wildman–Crippen LogP) is 1.02. The number of piperazine rings is 1. The summed E-state index contributed by atoms with van der Waals surface area (Å²) >= 11 is 0. The minimum atomic E-state index is 0.374. The van der Waals surface area contributed by atoms with Crippen LogP contribution in [0.15, 0.2) is 0 Å². The molecule has 0 spiro atoms. The zero-order chi connectivity index (χ0) is 13.4. The Balaban J connectivity index is 1.40. The van der Waals surface area contributed by atoms with Gasteiger partial charge < -0.3 is 4.90 Å². The van der Waals surface area contributed by atoms with E-state index in [0.717, 1.165) is 25.9 Å². The molecule has 0 bridgehead atoms. The summed E-state index contributed by atoms with van der Waals surface area (Å²) in [7, 11) is 0. The highest BCUT2D eigenvalue weighted by Crippen LogP contribution is 2.30. The quantitative estimate of drug-likeness (QED) is 0.762. The van der Waals surface area contributed by atoms with Crippen molar-refractivity contribution in [1.29, 1.82) is 0 Å². The molecule has 3 rings (SSSR count). The third kappa shape index (κ3) is 2.65. The number of hydrogen-bond acceptors (Lipinski definition) is 3. The first-order chi connectivity index (χ1) is 9.15. The third-order valence-electron chi connectivity index (χ3n) is 5.22. The van der Waals surface area contributed by atoms with E-state index in [2.05, 4.69) is 28.5 Å². The molecule has 2 saturated heterocycles. The molecule has 1 aliphatic carbocycles. The molecule has 108 valence electrons. The first-order valence-corrected chi connectivity index (χ1v) is 7.92. The van der Waals surface area contributed by atoms with Crippen LogP contribution in [0, 0.1) is 5.92 Å². The average Bonchev–Trinajstić information content (AvgIpc) is 2.25. The van der Waals surface area contributed by atoms with Crippen LogP contribution in [0.5, 0.6) is 0 Å². The zero-order valence-electron chi connectivity index (χ0n) is 12.3. The van der Waals surface area contributed by atoms with Crippen LogP contribution in [0.25, 0.3) is 0 Å². The number of hydrogen-bond donors (Lipinski definition) is 0. The summed E-state index contributed by atoms with van der Waals surface area (Å²) in [4.78, 5) is 19.3. The molecule has 0 aromatic carbocycles. The highest BCUT2D eigenvalue weighted by atomic mass is 16.2. The van der Waals surface area contributed by atoms with Crippen LogP contribution in [-0.2, 0) is 4.79 Å². The summed E-state index contributed by atoms with van der Waals surface area (Å²) in [6.45, 7) is 11.2. The summed E-state index contributed by atoms with van der Waals surface area (Å²) in [5, 5.41) is 0. The lowest BCUT2D eigenvalue weighted by Crippen LogP contribution is -2.65. The molecule has 2 heterocycles. The molecule has 1 amide bonds. The van der Waals surface area contributed by atoms with Crippen LogP contribution in [-0.4, -0.2) is 72.0 Å². The lowest BCUT2D eigenvalue weighted by Gasteiger charge is -2.50. The van der Waals surface area contributed by atoms with Crippen LogP contribution in [0.2, 0.25) is 0 Å². The Morgan fingerprint density at radius 1 is 1.05 bits per heavy atom. The number of carbonyl (C=O) groups is 1. The van der Waals surface area contributed by atoms with Crippen molar-refractivity contribution in [2.75, 3.05) is 39.3 Å². The van der Waals surface area contributed by atoms with Crippen molar-refractivity contribution < 1.29 is 4.79 Å². The summed E-state index contributed by atoms with van der Waals surface area (Å²) < 4.78 is 0. The minimum absolute atomic E-state index is 0.374. The Bertz CT molecular complexity index is 326. The van der Waals surface area contributed by atoms with E-state index in [1.54, 1.807) is 0 Å². The molecular formula is C15H27N3O. The highest BCUT2D eigenvalue weighted by Gasteiger charge is 2.39. The molecule has 0 radical (unpaired) electrons. The van der Waals surface area contributed by atoms with Crippen molar-refractivity contribution in [3.8, 4) is 0 Å². The van der Waals surface area contributed by atoms with Gasteiger partial charge in [0.05, 0.1) is 0 Å². The Morgan fingerprint density at radius 3 is 2.16 bits per heavy atom. The predicted molar refractivity (Wildman–Crippen MR) is 76.0 cm³/mol. The second-order valence-corrected chi connectivity index (χ2v) is 6.69. The molecule has 0 unspecified atom stereocenters. The van der Waals surface area contributed by atoms with E-state index >= 15 is 0 Å². The number of likely N-dealkylation sites (tertiary alicyclic amines) is 1. The molecule has 0 aromatic rings. The van der Waals surface area contributed by atoms with Gasteiger partial charge in [-0.3, -0.25) is 14.6 Å². The van der Waals surface area contributed by atoms with Gasteiger partial charge in [0.2, 0.25) is 5.91 Å². The van der Waals surface area contributed by atoms with Crippen molar-refractivity contribution in [2.24, 2.45) is 5.92 Å². The second-order valence-electron chi connectivity index (χ2n) is 6.69. The first kappa shape index (κ1) is 13.4. The largest absolute Gasteiger partial charge is 0.339 e. The standard InChI is InChI=1S/C15H27N3O/c1-12(2)16-6-8-17(9-7-16)14-10-18(11-14)15(19)13-4-3-5-13/h12-14H,3-11H2,1-2H3. The van der Waals surface area contributed by atoms with Crippen LogP contribution in [0.3, 0.4) is 0 Å². The maximum absolute atomic E-state index is 12.1. The number of carbonyl (C=O) groups excluding carboxylic acids is 1. The maximum Gasteiger partial charge on any atom is 0.225 e. The van der Waals surface area contributed by atoms with Crippen molar-refractivity contribution in [3.63, 3.8) is 0 Å². The van der Waals surface area contributed by atoms with E-state index < -0.39 is 0 Å². The minimum Gasteiger partial charge on any atom is -0.339 e. The van der Waals surface area contributed by atoms with Gasteiger partial charge in [-0.1, -0.05) is 6.42 Å². The van der Waals surface area contributed by atoms with Gasteiger partial charge in [0.25, 0.3) is 0 Å². The molecule has 0 N–H and O–H groups in total. The summed E-state index contributed by atoms with van der Waals surface area (Å²) in [6.07, 6.45) is 3.52. The molecule has 3 aliphatic rings. The van der Waals surface area contributed by atoms with Gasteiger partial charge in [0, 0.05) is 57.3 Å². The van der Waals surface area contributed by atoms with Crippen molar-refractivity contribution in [3.05, 3.63) is 0 Å². The lowest BCUT2D eigenvalue weighted by atomic mass is 9.83. The Kier molecular flexibility index (Phi) is 3.81. The number of amides is 1. The Labute approximate surface area is 116 Å². The SMILES string of the molecule is CC(C)N1CCN(C2CN(C(=O)C3CCC3)C2)CC1.